The van der Waals surface area contributed by atoms with E-state index < -0.39 is 5.60 Å². The van der Waals surface area contributed by atoms with Gasteiger partial charge in [-0.15, -0.1) is 17.9 Å². The van der Waals surface area contributed by atoms with Gasteiger partial charge in [-0.1, -0.05) is 6.08 Å². The number of hydrogen-bond acceptors (Lipinski definition) is 7. The number of H-pyrrole nitrogens is 1. The zero-order valence-electron chi connectivity index (χ0n) is 18.0. The number of allylic oxidation sites excluding steroid dienone is 1. The lowest BCUT2D eigenvalue weighted by atomic mass is 9.97. The van der Waals surface area contributed by atoms with Crippen molar-refractivity contribution in [3.05, 3.63) is 34.3 Å². The van der Waals surface area contributed by atoms with Gasteiger partial charge in [0.15, 0.2) is 9.90 Å². The lowest BCUT2D eigenvalue weighted by Crippen LogP contribution is -2.45. The fourth-order valence-corrected chi connectivity index (χ4v) is 4.24. The molecule has 0 aliphatic carbocycles. The van der Waals surface area contributed by atoms with Crippen LogP contribution >= 0.6 is 23.6 Å². The summed E-state index contributed by atoms with van der Waals surface area (Å²) >= 11 is 6.59. The third kappa shape index (κ3) is 6.23. The number of piperidine rings is 1. The monoisotopic (exact) mass is 464 g/mol. The van der Waals surface area contributed by atoms with E-state index in [-0.39, 0.29) is 17.9 Å². The molecule has 31 heavy (non-hydrogen) atoms. The van der Waals surface area contributed by atoms with Gasteiger partial charge in [-0.25, -0.2) is 9.78 Å². The molecule has 11 heteroatoms. The highest BCUT2D eigenvalue weighted by Gasteiger charge is 2.31. The van der Waals surface area contributed by atoms with Crippen molar-refractivity contribution in [2.75, 3.05) is 18.4 Å². The van der Waals surface area contributed by atoms with Crippen LogP contribution < -0.4 is 5.32 Å². The Labute approximate surface area is 190 Å². The highest BCUT2D eigenvalue weighted by molar-refractivity contribution is 7.71. The summed E-state index contributed by atoms with van der Waals surface area (Å²) in [5.41, 5.74) is 0.229. The summed E-state index contributed by atoms with van der Waals surface area (Å²) in [6.07, 6.45) is 3.34. The molecule has 1 unspecified atom stereocenters. The lowest BCUT2D eigenvalue weighted by molar-refractivity contribution is -0.121. The minimum absolute atomic E-state index is 0.136. The Bertz CT molecular complexity index is 1000. The number of amides is 2. The second kappa shape index (κ2) is 9.73. The summed E-state index contributed by atoms with van der Waals surface area (Å²) in [4.78, 5) is 31.2. The Morgan fingerprint density at radius 1 is 1.48 bits per heavy atom. The van der Waals surface area contributed by atoms with Crippen molar-refractivity contribution >= 4 is 40.7 Å². The van der Waals surface area contributed by atoms with Gasteiger partial charge in [0.2, 0.25) is 5.91 Å². The molecule has 0 radical (unpaired) electrons. The molecule has 2 aromatic heterocycles. The molecule has 3 heterocycles. The van der Waals surface area contributed by atoms with Gasteiger partial charge in [0.1, 0.15) is 11.4 Å². The number of ether oxygens (including phenoxy) is 1. The van der Waals surface area contributed by atoms with Crippen LogP contribution in [0.25, 0.3) is 0 Å². The molecule has 168 valence electrons. The molecule has 0 bridgehead atoms. The van der Waals surface area contributed by atoms with Crippen molar-refractivity contribution in [2.45, 2.75) is 52.2 Å². The molecular formula is C20H28N6O3S2. The smallest absolute Gasteiger partial charge is 0.410 e. The first-order valence-electron chi connectivity index (χ1n) is 10.1. The van der Waals surface area contributed by atoms with Crippen LogP contribution in [-0.2, 0) is 22.5 Å². The standard InChI is InChI=1S/C20H28N6O3S2/c1-5-8-26-15(23-24-18(26)30)10-14-12-31-17(21-14)22-16(27)13-7-6-9-25(11-13)19(28)29-20(2,3)4/h5,12-13H,1,6-11H2,2-4H3,(H,24,30)(H,21,22,27). The van der Waals surface area contributed by atoms with Gasteiger partial charge in [0, 0.05) is 25.0 Å². The molecule has 2 aromatic rings. The van der Waals surface area contributed by atoms with Crippen LogP contribution in [0.15, 0.2) is 18.0 Å². The predicted octanol–water partition coefficient (Wildman–Crippen LogP) is 3.76. The van der Waals surface area contributed by atoms with E-state index in [9.17, 15) is 9.59 Å². The van der Waals surface area contributed by atoms with E-state index >= 15 is 0 Å². The van der Waals surface area contributed by atoms with Crippen LogP contribution in [0.5, 0.6) is 0 Å². The molecule has 3 rings (SSSR count). The molecule has 2 N–H and O–H groups in total. The fraction of sp³-hybridized carbons (Fsp3) is 0.550. The maximum atomic E-state index is 12.8. The SMILES string of the molecule is C=CCn1c(Cc2csc(NC(=O)C3CCCN(C(=O)OC(C)(C)C)C3)n2)n[nH]c1=S. The van der Waals surface area contributed by atoms with E-state index in [2.05, 4.69) is 27.1 Å². The van der Waals surface area contributed by atoms with E-state index in [0.29, 0.717) is 36.0 Å². The summed E-state index contributed by atoms with van der Waals surface area (Å²) in [5.74, 6) is 0.328. The number of nitrogens with one attached hydrogen (secondary N) is 2. The molecule has 1 aliphatic rings. The average molecular weight is 465 g/mol. The molecule has 9 nitrogen and oxygen atoms in total. The first-order valence-corrected chi connectivity index (χ1v) is 11.4. The minimum atomic E-state index is -0.562. The van der Waals surface area contributed by atoms with Crippen molar-refractivity contribution in [3.63, 3.8) is 0 Å². The van der Waals surface area contributed by atoms with E-state index in [1.54, 1.807) is 11.0 Å². The number of carbonyl (C=O) groups is 2. The Morgan fingerprint density at radius 2 is 2.26 bits per heavy atom. The largest absolute Gasteiger partial charge is 0.444 e. The van der Waals surface area contributed by atoms with Crippen LogP contribution in [0.4, 0.5) is 9.93 Å². The fourth-order valence-electron chi connectivity index (χ4n) is 3.30. The van der Waals surface area contributed by atoms with E-state index in [0.717, 1.165) is 24.4 Å². The molecule has 1 saturated heterocycles. The van der Waals surface area contributed by atoms with Crippen LogP contribution in [0.3, 0.4) is 0 Å². The van der Waals surface area contributed by atoms with Crippen molar-refractivity contribution < 1.29 is 14.3 Å². The summed E-state index contributed by atoms with van der Waals surface area (Å²) in [6.45, 7) is 10.7. The van der Waals surface area contributed by atoms with Gasteiger partial charge >= 0.3 is 6.09 Å². The number of aromatic nitrogens is 4. The second-order valence-electron chi connectivity index (χ2n) is 8.42. The third-order valence-corrected chi connectivity index (χ3v) is 5.83. The molecular weight excluding hydrogens is 436 g/mol. The van der Waals surface area contributed by atoms with Crippen LogP contribution in [0, 0.1) is 10.7 Å². The topological polar surface area (TPSA) is 105 Å². The maximum Gasteiger partial charge on any atom is 0.410 e. The van der Waals surface area contributed by atoms with Crippen LogP contribution in [-0.4, -0.2) is 55.3 Å². The Hall–Kier alpha value is -2.53. The number of anilines is 1. The van der Waals surface area contributed by atoms with Crippen molar-refractivity contribution in [3.8, 4) is 0 Å². The maximum absolute atomic E-state index is 12.8. The predicted molar refractivity (Wildman–Crippen MR) is 122 cm³/mol. The zero-order chi connectivity index (χ0) is 22.6. The van der Waals surface area contributed by atoms with Crippen molar-refractivity contribution in [2.24, 2.45) is 5.92 Å². The number of aromatic amines is 1. The van der Waals surface area contributed by atoms with Crippen LogP contribution in [0.1, 0.15) is 45.1 Å². The highest BCUT2D eigenvalue weighted by Crippen LogP contribution is 2.23. The zero-order valence-corrected chi connectivity index (χ0v) is 19.6. The summed E-state index contributed by atoms with van der Waals surface area (Å²) in [6, 6.07) is 0. The molecule has 1 atom stereocenters. The molecule has 1 fully saturated rings. The van der Waals surface area contributed by atoms with Crippen LogP contribution in [0.2, 0.25) is 0 Å². The minimum Gasteiger partial charge on any atom is -0.444 e. The molecule has 1 aliphatic heterocycles. The summed E-state index contributed by atoms with van der Waals surface area (Å²) < 4.78 is 7.82. The number of hydrogen-bond donors (Lipinski definition) is 2. The Balaban J connectivity index is 1.59. The first-order chi connectivity index (χ1) is 14.7. The number of thiazole rings is 1. The van der Waals surface area contributed by atoms with Crippen molar-refractivity contribution in [1.29, 1.82) is 0 Å². The molecule has 0 spiro atoms. The summed E-state index contributed by atoms with van der Waals surface area (Å²) in [7, 11) is 0. The number of likely N-dealkylation sites (tertiary alicyclic amines) is 1. The number of rotatable bonds is 6. The number of carbonyl (C=O) groups excluding carboxylic acids is 2. The summed E-state index contributed by atoms with van der Waals surface area (Å²) in [5, 5.41) is 12.3. The van der Waals surface area contributed by atoms with Gasteiger partial charge in [-0.05, 0) is 45.8 Å². The molecule has 0 saturated carbocycles. The quantitative estimate of drug-likeness (QED) is 0.498. The van der Waals surface area contributed by atoms with Gasteiger partial charge in [0.05, 0.1) is 18.0 Å². The van der Waals surface area contributed by atoms with Gasteiger partial charge in [-0.2, -0.15) is 5.10 Å². The van der Waals surface area contributed by atoms with Gasteiger partial charge in [0.25, 0.3) is 0 Å². The average Bonchev–Trinajstić information content (AvgIpc) is 3.28. The van der Waals surface area contributed by atoms with Gasteiger partial charge in [-0.3, -0.25) is 14.5 Å². The Morgan fingerprint density at radius 3 is 2.97 bits per heavy atom. The normalized spacial score (nSPS) is 16.7. The second-order valence-corrected chi connectivity index (χ2v) is 9.66. The van der Waals surface area contributed by atoms with Crippen molar-refractivity contribution in [1.82, 2.24) is 24.6 Å². The number of nitrogens with zero attached hydrogens (tertiary/aromatic N) is 4. The van der Waals surface area contributed by atoms with E-state index in [4.69, 9.17) is 17.0 Å². The van der Waals surface area contributed by atoms with E-state index in [1.807, 2.05) is 30.7 Å². The Kier molecular flexibility index (Phi) is 7.26. The highest BCUT2D eigenvalue weighted by atomic mass is 32.1. The third-order valence-electron chi connectivity index (χ3n) is 4.71. The van der Waals surface area contributed by atoms with Gasteiger partial charge < -0.3 is 15.0 Å². The van der Waals surface area contributed by atoms with E-state index in [1.165, 1.54) is 11.3 Å². The lowest BCUT2D eigenvalue weighted by Gasteiger charge is -2.33. The molecule has 2 amide bonds. The molecule has 0 aromatic carbocycles. The first kappa shape index (κ1) is 23.1.